The number of carboxylic acid groups (broad SMARTS) is 1. The highest BCUT2D eigenvalue weighted by atomic mass is 79.9. The molecule has 0 aromatic carbocycles. The Hall–Kier alpha value is -0.840. The van der Waals surface area contributed by atoms with Crippen molar-refractivity contribution in [2.45, 2.75) is 39.3 Å². The Morgan fingerprint density at radius 1 is 1.60 bits per heavy atom. The van der Waals surface area contributed by atoms with Gasteiger partial charge in [0.15, 0.2) is 6.04 Å². The number of imidazole rings is 1. The molecule has 0 saturated carbocycles. The third kappa shape index (κ3) is 4.03. The van der Waals surface area contributed by atoms with E-state index >= 15 is 0 Å². The molecule has 0 saturated heterocycles. The van der Waals surface area contributed by atoms with E-state index in [1.165, 1.54) is 0 Å². The van der Waals surface area contributed by atoms with Crippen LogP contribution in [0, 0.1) is 0 Å². The molecule has 0 aliphatic rings. The van der Waals surface area contributed by atoms with Gasteiger partial charge in [-0.2, -0.15) is 0 Å². The van der Waals surface area contributed by atoms with Crippen molar-refractivity contribution in [3.05, 3.63) is 18.7 Å². The van der Waals surface area contributed by atoms with Gasteiger partial charge in [-0.3, -0.25) is 0 Å². The van der Waals surface area contributed by atoms with Gasteiger partial charge in [-0.05, 0) is 13.3 Å². The molecule has 1 aromatic rings. The van der Waals surface area contributed by atoms with Crippen molar-refractivity contribution >= 4 is 5.97 Å². The lowest BCUT2D eigenvalue weighted by atomic mass is 10.3. The number of hydrogen-bond acceptors (Lipinski definition) is 1. The highest BCUT2D eigenvalue weighted by Crippen LogP contribution is 2.02. The molecule has 0 aliphatic carbocycles. The fourth-order valence-corrected chi connectivity index (χ4v) is 1.24. The molecule has 1 unspecified atom stereocenters. The van der Waals surface area contributed by atoms with E-state index in [1.807, 2.05) is 17.1 Å². The van der Waals surface area contributed by atoms with E-state index in [9.17, 15) is 4.79 Å². The van der Waals surface area contributed by atoms with Crippen molar-refractivity contribution in [3.8, 4) is 0 Å². The largest absolute Gasteiger partial charge is 1.00 e. The number of carbonyl (C=O) groups is 1. The summed E-state index contributed by atoms with van der Waals surface area (Å²) in [5.41, 5.74) is 0. The van der Waals surface area contributed by atoms with Crippen LogP contribution in [0.5, 0.6) is 0 Å². The lowest BCUT2D eigenvalue weighted by molar-refractivity contribution is -0.696. The first-order chi connectivity index (χ1) is 6.65. The summed E-state index contributed by atoms with van der Waals surface area (Å²) in [7, 11) is 0. The van der Waals surface area contributed by atoms with Gasteiger partial charge in [-0.1, -0.05) is 13.3 Å². The third-order valence-corrected chi connectivity index (χ3v) is 2.29. The van der Waals surface area contributed by atoms with Gasteiger partial charge in [0.25, 0.3) is 0 Å². The van der Waals surface area contributed by atoms with Crippen molar-refractivity contribution in [1.29, 1.82) is 0 Å². The van der Waals surface area contributed by atoms with E-state index in [0.717, 1.165) is 19.4 Å². The number of unbranched alkanes of at least 4 members (excludes halogenated alkanes) is 1. The van der Waals surface area contributed by atoms with Crippen LogP contribution in [0.1, 0.15) is 32.7 Å². The van der Waals surface area contributed by atoms with Crippen molar-refractivity contribution in [2.24, 2.45) is 0 Å². The molecule has 1 atom stereocenters. The van der Waals surface area contributed by atoms with Gasteiger partial charge in [-0.25, -0.2) is 13.9 Å². The maximum absolute atomic E-state index is 10.7. The van der Waals surface area contributed by atoms with Crippen molar-refractivity contribution in [3.63, 3.8) is 0 Å². The normalized spacial score (nSPS) is 11.9. The third-order valence-electron chi connectivity index (χ3n) is 2.29. The van der Waals surface area contributed by atoms with Gasteiger partial charge in [0.2, 0.25) is 6.33 Å². The fourth-order valence-electron chi connectivity index (χ4n) is 1.24. The number of nitrogens with zero attached hydrogens (tertiary/aromatic N) is 2. The Morgan fingerprint density at radius 2 is 2.27 bits per heavy atom. The number of carboxylic acids is 1. The number of aromatic nitrogens is 2. The first-order valence-corrected chi connectivity index (χ1v) is 4.94. The zero-order chi connectivity index (χ0) is 10.6. The predicted octanol–water partition coefficient (Wildman–Crippen LogP) is -1.77. The fraction of sp³-hybridized carbons (Fsp3) is 0.600. The molecular formula is C10H17BrN2O2. The van der Waals surface area contributed by atoms with Crippen LogP contribution in [0.2, 0.25) is 0 Å². The van der Waals surface area contributed by atoms with Crippen LogP contribution in [0.3, 0.4) is 0 Å². The molecule has 1 aromatic heterocycles. The summed E-state index contributed by atoms with van der Waals surface area (Å²) in [6, 6.07) is -0.488. The number of halogens is 1. The first-order valence-electron chi connectivity index (χ1n) is 4.94. The number of rotatable bonds is 5. The van der Waals surface area contributed by atoms with E-state index in [2.05, 4.69) is 6.92 Å². The minimum absolute atomic E-state index is 0. The van der Waals surface area contributed by atoms with Gasteiger partial charge >= 0.3 is 5.97 Å². The highest BCUT2D eigenvalue weighted by molar-refractivity contribution is 5.71. The van der Waals surface area contributed by atoms with Crippen molar-refractivity contribution < 1.29 is 31.4 Å². The molecule has 0 radical (unpaired) electrons. The Labute approximate surface area is 100 Å². The molecule has 0 fully saturated rings. The average molecular weight is 277 g/mol. The molecule has 0 amide bonds. The summed E-state index contributed by atoms with van der Waals surface area (Å²) >= 11 is 0. The molecule has 5 heteroatoms. The van der Waals surface area contributed by atoms with E-state index < -0.39 is 12.0 Å². The minimum atomic E-state index is -0.803. The van der Waals surface area contributed by atoms with Crippen LogP contribution >= 0.6 is 0 Å². The zero-order valence-corrected chi connectivity index (χ0v) is 10.6. The van der Waals surface area contributed by atoms with E-state index in [1.54, 1.807) is 17.7 Å². The molecule has 0 spiro atoms. The molecule has 86 valence electrons. The van der Waals surface area contributed by atoms with Crippen LogP contribution in [0.15, 0.2) is 18.7 Å². The van der Waals surface area contributed by atoms with Gasteiger partial charge in [0, 0.05) is 0 Å². The van der Waals surface area contributed by atoms with Gasteiger partial charge < -0.3 is 22.1 Å². The maximum atomic E-state index is 10.7. The lowest BCUT2D eigenvalue weighted by Gasteiger charge is -1.99. The number of aryl methyl sites for hydroxylation is 1. The van der Waals surface area contributed by atoms with Crippen LogP contribution in [-0.2, 0) is 11.3 Å². The molecular weight excluding hydrogens is 260 g/mol. The monoisotopic (exact) mass is 276 g/mol. The Balaban J connectivity index is 0.00000196. The Morgan fingerprint density at radius 3 is 2.80 bits per heavy atom. The topological polar surface area (TPSA) is 46.1 Å². The highest BCUT2D eigenvalue weighted by Gasteiger charge is 2.18. The summed E-state index contributed by atoms with van der Waals surface area (Å²) in [5, 5.41) is 8.79. The molecule has 4 nitrogen and oxygen atoms in total. The molecule has 1 heterocycles. The summed E-state index contributed by atoms with van der Waals surface area (Å²) in [6.07, 6.45) is 7.82. The van der Waals surface area contributed by atoms with Crippen LogP contribution in [-0.4, -0.2) is 15.6 Å². The molecule has 1 rings (SSSR count). The van der Waals surface area contributed by atoms with Crippen LogP contribution in [0.4, 0.5) is 0 Å². The number of aliphatic carboxylic acids is 1. The Bertz CT molecular complexity index is 312. The summed E-state index contributed by atoms with van der Waals surface area (Å²) in [5.74, 6) is -0.803. The standard InChI is InChI=1S/C10H16N2O2.BrH/c1-3-4-5-11-6-7-12(8-11)9(2)10(13)14;/h6-9H,3-5H2,1-2H3;1H. The second-order valence-electron chi connectivity index (χ2n) is 3.47. The summed E-state index contributed by atoms with van der Waals surface area (Å²) < 4.78 is 3.72. The smallest absolute Gasteiger partial charge is 0.349 e. The number of hydrogen-bond donors (Lipinski definition) is 1. The van der Waals surface area contributed by atoms with E-state index in [4.69, 9.17) is 5.11 Å². The average Bonchev–Trinajstić information content (AvgIpc) is 2.61. The first kappa shape index (κ1) is 14.2. The SMILES string of the molecule is CCCC[n+]1ccn(C(C)C(=O)O)c1.[Br-]. The van der Waals surface area contributed by atoms with Crippen LogP contribution in [0.25, 0.3) is 0 Å². The molecule has 0 aliphatic heterocycles. The minimum Gasteiger partial charge on any atom is -1.00 e. The lowest BCUT2D eigenvalue weighted by Crippen LogP contribution is -3.00. The Kier molecular flexibility index (Phi) is 6.24. The molecule has 0 bridgehead atoms. The summed E-state index contributed by atoms with van der Waals surface area (Å²) in [4.78, 5) is 10.7. The molecule has 1 N–H and O–H groups in total. The zero-order valence-electron chi connectivity index (χ0n) is 9.06. The maximum Gasteiger partial charge on any atom is 0.349 e. The van der Waals surface area contributed by atoms with E-state index in [-0.39, 0.29) is 17.0 Å². The second-order valence-corrected chi connectivity index (χ2v) is 3.47. The van der Waals surface area contributed by atoms with Gasteiger partial charge in [0.1, 0.15) is 12.4 Å². The van der Waals surface area contributed by atoms with E-state index in [0.29, 0.717) is 0 Å². The summed E-state index contributed by atoms with van der Waals surface area (Å²) in [6.45, 7) is 4.76. The van der Waals surface area contributed by atoms with Crippen molar-refractivity contribution in [2.75, 3.05) is 0 Å². The van der Waals surface area contributed by atoms with Crippen molar-refractivity contribution in [1.82, 2.24) is 4.57 Å². The van der Waals surface area contributed by atoms with Gasteiger partial charge in [0.05, 0.1) is 6.54 Å². The van der Waals surface area contributed by atoms with Crippen LogP contribution < -0.4 is 21.5 Å². The molecule has 15 heavy (non-hydrogen) atoms. The quantitative estimate of drug-likeness (QED) is 0.647. The van der Waals surface area contributed by atoms with Gasteiger partial charge in [-0.15, -0.1) is 0 Å². The second kappa shape index (κ2) is 6.61. The predicted molar refractivity (Wildman–Crippen MR) is 51.9 cm³/mol.